The summed E-state index contributed by atoms with van der Waals surface area (Å²) >= 11 is 1.24. The van der Waals surface area contributed by atoms with E-state index < -0.39 is 5.97 Å². The predicted molar refractivity (Wildman–Crippen MR) is 48.7 cm³/mol. The van der Waals surface area contributed by atoms with Crippen LogP contribution < -0.4 is 5.32 Å². The highest BCUT2D eigenvalue weighted by atomic mass is 32.1. The van der Waals surface area contributed by atoms with Crippen molar-refractivity contribution >= 4 is 17.3 Å². The van der Waals surface area contributed by atoms with E-state index in [9.17, 15) is 4.79 Å². The van der Waals surface area contributed by atoms with Crippen LogP contribution in [0.5, 0.6) is 0 Å². The van der Waals surface area contributed by atoms with Gasteiger partial charge in [-0.05, 0) is 14.0 Å². The molecule has 5 nitrogen and oxygen atoms in total. The van der Waals surface area contributed by atoms with Gasteiger partial charge in [-0.3, -0.25) is 0 Å². The molecule has 0 saturated heterocycles. The number of carbonyl (C=O) groups is 1. The summed E-state index contributed by atoms with van der Waals surface area (Å²) in [6.45, 7) is 1.95. The fraction of sp³-hybridized carbons (Fsp3) is 0.571. The van der Waals surface area contributed by atoms with Gasteiger partial charge in [0.1, 0.15) is 5.01 Å². The molecule has 72 valence electrons. The largest absolute Gasteiger partial charge is 0.464 e. The van der Waals surface area contributed by atoms with Crippen LogP contribution >= 0.6 is 11.3 Å². The third-order valence-electron chi connectivity index (χ3n) is 1.60. The summed E-state index contributed by atoms with van der Waals surface area (Å²) in [5.41, 5.74) is 0. The maximum Gasteiger partial charge on any atom is 0.369 e. The normalized spacial score (nSPS) is 12.5. The van der Waals surface area contributed by atoms with Gasteiger partial charge in [0.25, 0.3) is 0 Å². The van der Waals surface area contributed by atoms with Gasteiger partial charge in [0.05, 0.1) is 13.2 Å². The maximum atomic E-state index is 11.0. The Kier molecular flexibility index (Phi) is 3.32. The molecule has 6 heteroatoms. The maximum absolute atomic E-state index is 11.0. The molecule has 0 aliphatic carbocycles. The number of rotatable bonds is 3. The quantitative estimate of drug-likeness (QED) is 0.726. The summed E-state index contributed by atoms with van der Waals surface area (Å²) in [6.07, 6.45) is 0. The van der Waals surface area contributed by atoms with Gasteiger partial charge in [0, 0.05) is 0 Å². The molecule has 0 radical (unpaired) electrons. The first-order valence-electron chi connectivity index (χ1n) is 3.78. The van der Waals surface area contributed by atoms with Crippen molar-refractivity contribution in [1.29, 1.82) is 0 Å². The van der Waals surface area contributed by atoms with E-state index in [1.165, 1.54) is 18.4 Å². The molecule has 0 saturated carbocycles. The van der Waals surface area contributed by atoms with Crippen LogP contribution in [-0.4, -0.2) is 30.3 Å². The minimum Gasteiger partial charge on any atom is -0.464 e. The van der Waals surface area contributed by atoms with E-state index >= 15 is 0 Å². The van der Waals surface area contributed by atoms with Crippen molar-refractivity contribution in [3.8, 4) is 0 Å². The summed E-state index contributed by atoms with van der Waals surface area (Å²) in [5, 5.41) is 11.7. The van der Waals surface area contributed by atoms with Gasteiger partial charge in [-0.2, -0.15) is 0 Å². The number of hydrogen-bond acceptors (Lipinski definition) is 6. The molecule has 0 spiro atoms. The van der Waals surface area contributed by atoms with Gasteiger partial charge in [-0.25, -0.2) is 4.79 Å². The Morgan fingerprint density at radius 3 is 2.85 bits per heavy atom. The molecule has 1 unspecified atom stereocenters. The lowest BCUT2D eigenvalue weighted by atomic mass is 10.4. The summed E-state index contributed by atoms with van der Waals surface area (Å²) in [7, 11) is 3.15. The van der Waals surface area contributed by atoms with E-state index in [1.54, 1.807) is 0 Å². The van der Waals surface area contributed by atoms with Gasteiger partial charge in [0.15, 0.2) is 0 Å². The van der Waals surface area contributed by atoms with Crippen molar-refractivity contribution in [2.75, 3.05) is 14.2 Å². The zero-order valence-corrected chi connectivity index (χ0v) is 8.51. The molecule has 1 aromatic rings. The zero-order valence-electron chi connectivity index (χ0n) is 7.70. The second-order valence-corrected chi connectivity index (χ2v) is 3.46. The zero-order chi connectivity index (χ0) is 9.84. The summed E-state index contributed by atoms with van der Waals surface area (Å²) in [6, 6.07) is 0.107. The molecule has 0 amide bonds. The van der Waals surface area contributed by atoms with Crippen molar-refractivity contribution in [1.82, 2.24) is 15.5 Å². The van der Waals surface area contributed by atoms with Gasteiger partial charge in [-0.15, -0.1) is 10.2 Å². The molecular formula is C7H11N3O2S. The minimum absolute atomic E-state index is 0.107. The summed E-state index contributed by atoms with van der Waals surface area (Å²) in [4.78, 5) is 11.0. The molecule has 1 heterocycles. The highest BCUT2D eigenvalue weighted by molar-refractivity contribution is 7.13. The second-order valence-electron chi connectivity index (χ2n) is 2.45. The van der Waals surface area contributed by atoms with Crippen LogP contribution in [0.15, 0.2) is 0 Å². The third-order valence-corrected chi connectivity index (χ3v) is 2.69. The van der Waals surface area contributed by atoms with Crippen LogP contribution in [0.1, 0.15) is 27.8 Å². The molecule has 1 aromatic heterocycles. The van der Waals surface area contributed by atoms with E-state index in [4.69, 9.17) is 0 Å². The van der Waals surface area contributed by atoms with E-state index in [1.807, 2.05) is 14.0 Å². The Hall–Kier alpha value is -1.01. The SMILES string of the molecule is CNC(C)c1nnc(C(=O)OC)s1. The Balaban J connectivity index is 2.80. The molecule has 1 atom stereocenters. The smallest absolute Gasteiger partial charge is 0.369 e. The lowest BCUT2D eigenvalue weighted by Crippen LogP contribution is -2.11. The number of nitrogens with one attached hydrogen (secondary N) is 1. The van der Waals surface area contributed by atoms with Gasteiger partial charge in [0.2, 0.25) is 5.01 Å². The van der Waals surface area contributed by atoms with E-state index in [-0.39, 0.29) is 6.04 Å². The van der Waals surface area contributed by atoms with E-state index in [0.29, 0.717) is 5.01 Å². The van der Waals surface area contributed by atoms with Crippen molar-refractivity contribution in [3.05, 3.63) is 10.0 Å². The summed E-state index contributed by atoms with van der Waals surface area (Å²) in [5.74, 6) is -0.438. The summed E-state index contributed by atoms with van der Waals surface area (Å²) < 4.78 is 4.51. The van der Waals surface area contributed by atoms with Crippen LogP contribution in [0.4, 0.5) is 0 Å². The standard InChI is InChI=1S/C7H11N3O2S/c1-4(8-2)5-9-10-6(13-5)7(11)12-3/h4,8H,1-3H3. The molecule has 0 aliphatic heterocycles. The highest BCUT2D eigenvalue weighted by Crippen LogP contribution is 2.17. The Bertz CT molecular complexity index is 300. The van der Waals surface area contributed by atoms with Crippen LogP contribution in [0.2, 0.25) is 0 Å². The topological polar surface area (TPSA) is 64.1 Å². The Labute approximate surface area is 80.1 Å². The van der Waals surface area contributed by atoms with Crippen LogP contribution in [0.3, 0.4) is 0 Å². The number of aromatic nitrogens is 2. The molecule has 1 N–H and O–H groups in total. The van der Waals surface area contributed by atoms with Crippen LogP contribution in [0.25, 0.3) is 0 Å². The molecule has 0 aliphatic rings. The molecular weight excluding hydrogens is 190 g/mol. The van der Waals surface area contributed by atoms with Crippen molar-refractivity contribution in [3.63, 3.8) is 0 Å². The van der Waals surface area contributed by atoms with Crippen molar-refractivity contribution in [2.45, 2.75) is 13.0 Å². The Morgan fingerprint density at radius 1 is 1.62 bits per heavy atom. The first kappa shape index (κ1) is 10.1. The first-order valence-corrected chi connectivity index (χ1v) is 4.59. The molecule has 0 fully saturated rings. The van der Waals surface area contributed by atoms with E-state index in [0.717, 1.165) is 5.01 Å². The van der Waals surface area contributed by atoms with Gasteiger partial charge >= 0.3 is 5.97 Å². The monoisotopic (exact) mass is 201 g/mol. The van der Waals surface area contributed by atoms with E-state index in [2.05, 4.69) is 20.3 Å². The average molecular weight is 201 g/mol. The predicted octanol–water partition coefficient (Wildman–Crippen LogP) is 0.605. The second kappa shape index (κ2) is 4.29. The lowest BCUT2D eigenvalue weighted by Gasteiger charge is -2.02. The number of carbonyl (C=O) groups excluding carboxylic acids is 1. The molecule has 13 heavy (non-hydrogen) atoms. The third kappa shape index (κ3) is 2.22. The van der Waals surface area contributed by atoms with Crippen LogP contribution in [0, 0.1) is 0 Å². The van der Waals surface area contributed by atoms with Gasteiger partial charge in [-0.1, -0.05) is 11.3 Å². The Morgan fingerprint density at radius 2 is 2.31 bits per heavy atom. The highest BCUT2D eigenvalue weighted by Gasteiger charge is 2.15. The van der Waals surface area contributed by atoms with Crippen molar-refractivity contribution < 1.29 is 9.53 Å². The molecule has 0 bridgehead atoms. The molecule has 0 aromatic carbocycles. The first-order chi connectivity index (χ1) is 6.19. The lowest BCUT2D eigenvalue weighted by molar-refractivity contribution is 0.0599. The number of hydrogen-bond donors (Lipinski definition) is 1. The molecule has 1 rings (SSSR count). The van der Waals surface area contributed by atoms with Crippen LogP contribution in [-0.2, 0) is 4.74 Å². The number of methoxy groups -OCH3 is 1. The number of esters is 1. The van der Waals surface area contributed by atoms with Gasteiger partial charge < -0.3 is 10.1 Å². The number of nitrogens with zero attached hydrogens (tertiary/aromatic N) is 2. The number of ether oxygens (including phenoxy) is 1. The minimum atomic E-state index is -0.438. The fourth-order valence-corrected chi connectivity index (χ4v) is 1.53. The average Bonchev–Trinajstić information content (AvgIpc) is 2.64. The van der Waals surface area contributed by atoms with Crippen molar-refractivity contribution in [2.24, 2.45) is 0 Å². The fourth-order valence-electron chi connectivity index (χ4n) is 0.703.